The molecule has 2 rings (SSSR count). The molecule has 0 aliphatic rings. The van der Waals surface area contributed by atoms with Crippen molar-refractivity contribution in [2.75, 3.05) is 5.32 Å². The number of rotatable bonds is 3. The maximum atomic E-state index is 4.08. The van der Waals surface area contributed by atoms with Crippen molar-refractivity contribution in [3.63, 3.8) is 0 Å². The van der Waals surface area contributed by atoms with Gasteiger partial charge in [-0.1, -0.05) is 11.3 Å². The van der Waals surface area contributed by atoms with E-state index in [1.807, 2.05) is 13.0 Å². The lowest BCUT2D eigenvalue weighted by molar-refractivity contribution is 0.981. The molecule has 0 fully saturated rings. The van der Waals surface area contributed by atoms with Gasteiger partial charge in [0, 0.05) is 6.20 Å². The van der Waals surface area contributed by atoms with Crippen molar-refractivity contribution in [3.05, 3.63) is 29.3 Å². The van der Waals surface area contributed by atoms with Gasteiger partial charge in [0.15, 0.2) is 0 Å². The maximum absolute atomic E-state index is 4.08. The Bertz CT molecular complexity index is 399. The summed E-state index contributed by atoms with van der Waals surface area (Å²) in [7, 11) is 0. The molecule has 0 saturated carbocycles. The van der Waals surface area contributed by atoms with E-state index >= 15 is 0 Å². The number of nitrogens with zero attached hydrogens (tertiary/aromatic N) is 4. The van der Waals surface area contributed by atoms with Gasteiger partial charge in [-0.2, -0.15) is 0 Å². The summed E-state index contributed by atoms with van der Waals surface area (Å²) in [5.41, 5.74) is 0.938. The zero-order valence-corrected chi connectivity index (χ0v) is 8.45. The number of hydrogen-bond donors (Lipinski definition) is 1. The van der Waals surface area contributed by atoms with Gasteiger partial charge in [0.05, 0.1) is 12.2 Å². The number of aryl methyl sites for hydroxylation is 1. The summed E-state index contributed by atoms with van der Waals surface area (Å²) in [5.74, 6) is 0. The first-order valence-corrected chi connectivity index (χ1v) is 4.95. The lowest BCUT2D eigenvalue weighted by Crippen LogP contribution is -2.00. The van der Waals surface area contributed by atoms with Gasteiger partial charge in [0.2, 0.25) is 5.13 Å². The van der Waals surface area contributed by atoms with E-state index in [0.717, 1.165) is 15.8 Å². The smallest absolute Gasteiger partial charge is 0.205 e. The van der Waals surface area contributed by atoms with Gasteiger partial charge < -0.3 is 5.32 Å². The Hall–Kier alpha value is -1.56. The van der Waals surface area contributed by atoms with Crippen LogP contribution in [0.15, 0.2) is 18.6 Å². The Morgan fingerprint density at radius 1 is 1.43 bits per heavy atom. The van der Waals surface area contributed by atoms with E-state index in [4.69, 9.17) is 0 Å². The summed E-state index contributed by atoms with van der Waals surface area (Å²) in [6.07, 6.45) is 3.25. The third-order valence-electron chi connectivity index (χ3n) is 1.59. The fourth-order valence-corrected chi connectivity index (χ4v) is 1.54. The summed E-state index contributed by atoms with van der Waals surface area (Å²) in [6, 6.07) is 1.86. The normalized spacial score (nSPS) is 10.1. The van der Waals surface area contributed by atoms with Gasteiger partial charge in [-0.25, -0.2) is 9.97 Å². The molecular formula is C8H9N5S. The zero-order valence-electron chi connectivity index (χ0n) is 7.64. The number of anilines is 1. The first kappa shape index (κ1) is 9.01. The van der Waals surface area contributed by atoms with Gasteiger partial charge in [-0.15, -0.1) is 10.2 Å². The molecule has 0 atom stereocenters. The monoisotopic (exact) mass is 207 g/mol. The molecule has 0 amide bonds. The van der Waals surface area contributed by atoms with Gasteiger partial charge in [0.25, 0.3) is 0 Å². The van der Waals surface area contributed by atoms with E-state index < -0.39 is 0 Å². The van der Waals surface area contributed by atoms with Crippen LogP contribution in [0.5, 0.6) is 0 Å². The van der Waals surface area contributed by atoms with E-state index in [9.17, 15) is 0 Å². The summed E-state index contributed by atoms with van der Waals surface area (Å²) in [5, 5.41) is 12.8. The summed E-state index contributed by atoms with van der Waals surface area (Å²) >= 11 is 1.53. The molecule has 6 heteroatoms. The molecule has 0 aliphatic carbocycles. The van der Waals surface area contributed by atoms with Crippen LogP contribution in [0, 0.1) is 6.92 Å². The summed E-state index contributed by atoms with van der Waals surface area (Å²) in [6.45, 7) is 2.57. The van der Waals surface area contributed by atoms with Gasteiger partial charge in [0.1, 0.15) is 11.3 Å². The molecule has 0 unspecified atom stereocenters. The van der Waals surface area contributed by atoms with Crippen molar-refractivity contribution in [1.82, 2.24) is 20.2 Å². The van der Waals surface area contributed by atoms with Crippen molar-refractivity contribution >= 4 is 16.5 Å². The highest BCUT2D eigenvalue weighted by molar-refractivity contribution is 7.15. The van der Waals surface area contributed by atoms with Crippen molar-refractivity contribution in [1.29, 1.82) is 0 Å². The van der Waals surface area contributed by atoms with Crippen LogP contribution < -0.4 is 5.32 Å². The van der Waals surface area contributed by atoms with Gasteiger partial charge in [-0.3, -0.25) is 0 Å². The topological polar surface area (TPSA) is 63.6 Å². The molecule has 14 heavy (non-hydrogen) atoms. The zero-order chi connectivity index (χ0) is 9.80. The van der Waals surface area contributed by atoms with Crippen LogP contribution in [0.4, 0.5) is 5.13 Å². The SMILES string of the molecule is Cc1nnc(NCc2ccncn2)s1. The fraction of sp³-hybridized carbons (Fsp3) is 0.250. The average molecular weight is 207 g/mol. The quantitative estimate of drug-likeness (QED) is 0.820. The number of aromatic nitrogens is 4. The van der Waals surface area contributed by atoms with Crippen LogP contribution in [0.25, 0.3) is 0 Å². The summed E-state index contributed by atoms with van der Waals surface area (Å²) in [4.78, 5) is 7.92. The fourth-order valence-electron chi connectivity index (χ4n) is 0.957. The predicted octanol–water partition coefficient (Wildman–Crippen LogP) is 1.25. The van der Waals surface area contributed by atoms with Crippen LogP contribution in [-0.2, 0) is 6.54 Å². The first-order chi connectivity index (χ1) is 6.84. The second kappa shape index (κ2) is 4.10. The van der Waals surface area contributed by atoms with Crippen molar-refractivity contribution in [3.8, 4) is 0 Å². The van der Waals surface area contributed by atoms with Gasteiger partial charge >= 0.3 is 0 Å². The molecule has 0 spiro atoms. The molecule has 0 radical (unpaired) electrons. The second-order valence-corrected chi connectivity index (χ2v) is 3.86. The minimum atomic E-state index is 0.650. The third kappa shape index (κ3) is 2.23. The molecule has 5 nitrogen and oxygen atoms in total. The van der Waals surface area contributed by atoms with Crippen LogP contribution in [0.2, 0.25) is 0 Å². The lowest BCUT2D eigenvalue weighted by atomic mass is 10.4. The van der Waals surface area contributed by atoms with Crippen LogP contribution in [0.1, 0.15) is 10.7 Å². The van der Waals surface area contributed by atoms with E-state index in [-0.39, 0.29) is 0 Å². The van der Waals surface area contributed by atoms with E-state index in [2.05, 4.69) is 25.5 Å². The minimum absolute atomic E-state index is 0.650. The Labute approximate surface area is 85.3 Å². The largest absolute Gasteiger partial charge is 0.354 e. The Morgan fingerprint density at radius 2 is 2.36 bits per heavy atom. The molecule has 2 aromatic rings. The first-order valence-electron chi connectivity index (χ1n) is 4.13. The molecule has 0 bridgehead atoms. The maximum Gasteiger partial charge on any atom is 0.205 e. The molecule has 0 saturated heterocycles. The predicted molar refractivity (Wildman–Crippen MR) is 54.0 cm³/mol. The molecule has 0 aliphatic heterocycles. The molecule has 72 valence electrons. The van der Waals surface area contributed by atoms with Crippen LogP contribution >= 0.6 is 11.3 Å². The summed E-state index contributed by atoms with van der Waals surface area (Å²) < 4.78 is 0. The standard InChI is InChI=1S/C8H9N5S/c1-6-12-13-8(14-6)10-4-7-2-3-9-5-11-7/h2-3,5H,4H2,1H3,(H,10,13). The van der Waals surface area contributed by atoms with Crippen LogP contribution in [-0.4, -0.2) is 20.2 Å². The molecular weight excluding hydrogens is 198 g/mol. The average Bonchev–Trinajstić information content (AvgIpc) is 2.63. The van der Waals surface area contributed by atoms with E-state index in [0.29, 0.717) is 6.54 Å². The Balaban J connectivity index is 1.95. The van der Waals surface area contributed by atoms with Crippen molar-refractivity contribution in [2.24, 2.45) is 0 Å². The van der Waals surface area contributed by atoms with Gasteiger partial charge in [-0.05, 0) is 13.0 Å². The number of hydrogen-bond acceptors (Lipinski definition) is 6. The van der Waals surface area contributed by atoms with Crippen molar-refractivity contribution < 1.29 is 0 Å². The molecule has 2 heterocycles. The van der Waals surface area contributed by atoms with Crippen molar-refractivity contribution in [2.45, 2.75) is 13.5 Å². The molecule has 1 N–H and O–H groups in total. The van der Waals surface area contributed by atoms with E-state index in [1.165, 1.54) is 17.7 Å². The highest BCUT2D eigenvalue weighted by atomic mass is 32.1. The second-order valence-electron chi connectivity index (χ2n) is 2.68. The van der Waals surface area contributed by atoms with E-state index in [1.54, 1.807) is 6.20 Å². The minimum Gasteiger partial charge on any atom is -0.354 e. The molecule has 0 aromatic carbocycles. The Kier molecular flexibility index (Phi) is 2.64. The van der Waals surface area contributed by atoms with Crippen LogP contribution in [0.3, 0.4) is 0 Å². The molecule has 2 aromatic heterocycles. The number of nitrogens with one attached hydrogen (secondary N) is 1. The highest BCUT2D eigenvalue weighted by Gasteiger charge is 1.99. The highest BCUT2D eigenvalue weighted by Crippen LogP contribution is 2.13. The Morgan fingerprint density at radius 3 is 3.00 bits per heavy atom. The lowest BCUT2D eigenvalue weighted by Gasteiger charge is -1.99. The third-order valence-corrected chi connectivity index (χ3v) is 2.39.